The number of carbonyl (C=O) groups excluding carboxylic acids is 1. The highest BCUT2D eigenvalue weighted by atomic mass is 19.3. The number of ether oxygens (including phenoxy) is 1. The van der Waals surface area contributed by atoms with E-state index < -0.39 is 42.1 Å². The lowest BCUT2D eigenvalue weighted by Crippen LogP contribution is -2.38. The maximum Gasteiger partial charge on any atom is 0.345 e. The first kappa shape index (κ1) is 22.9. The normalized spacial score (nSPS) is 25.0. The molecule has 2 N–H and O–H groups in total. The number of amides is 1. The molecule has 2 unspecified atom stereocenters. The van der Waals surface area contributed by atoms with E-state index in [0.29, 0.717) is 34.4 Å². The maximum absolute atomic E-state index is 15.2. The monoisotopic (exact) mass is 497 g/mol. The van der Waals surface area contributed by atoms with E-state index in [1.807, 2.05) is 4.57 Å². The van der Waals surface area contributed by atoms with Crippen molar-refractivity contribution in [3.05, 3.63) is 65.8 Å². The van der Waals surface area contributed by atoms with Gasteiger partial charge in [-0.05, 0) is 26.3 Å². The number of allylic oxidation sites excluding steroid dienone is 2. The first-order valence-corrected chi connectivity index (χ1v) is 11.5. The Morgan fingerprint density at radius 1 is 1.25 bits per heavy atom. The summed E-state index contributed by atoms with van der Waals surface area (Å²) >= 11 is 0. The fraction of sp³-hybridized carbons (Fsp3) is 0.360. The number of imidazole rings is 1. The van der Waals surface area contributed by atoms with Crippen LogP contribution in [0.5, 0.6) is 0 Å². The Kier molecular flexibility index (Phi) is 5.06. The average molecular weight is 497 g/mol. The summed E-state index contributed by atoms with van der Waals surface area (Å²) in [5.74, 6) is -0.818. The molecule has 4 atom stereocenters. The smallest absolute Gasteiger partial charge is 0.345 e. The average Bonchev–Trinajstić information content (AvgIpc) is 3.29. The number of halogens is 3. The number of aliphatic hydroxyl groups is 1. The Bertz CT molecular complexity index is 1440. The third-order valence-corrected chi connectivity index (χ3v) is 6.97. The van der Waals surface area contributed by atoms with Crippen LogP contribution >= 0.6 is 0 Å². The number of benzene rings is 1. The minimum atomic E-state index is -3.01. The number of hydrogen-bond acceptors (Lipinski definition) is 6. The molecule has 3 aromatic rings. The molecular formula is C25H22F3N5O3. The van der Waals surface area contributed by atoms with Gasteiger partial charge in [0, 0.05) is 47.1 Å². The van der Waals surface area contributed by atoms with Crippen molar-refractivity contribution < 1.29 is 27.8 Å². The van der Waals surface area contributed by atoms with Crippen LogP contribution < -0.4 is 5.32 Å². The van der Waals surface area contributed by atoms with Gasteiger partial charge in [0.05, 0.1) is 23.2 Å². The van der Waals surface area contributed by atoms with Gasteiger partial charge in [-0.3, -0.25) is 4.79 Å². The highest BCUT2D eigenvalue weighted by Crippen LogP contribution is 2.49. The first-order valence-electron chi connectivity index (χ1n) is 11.5. The van der Waals surface area contributed by atoms with Gasteiger partial charge in [-0.15, -0.1) is 0 Å². The van der Waals surface area contributed by atoms with Gasteiger partial charge in [0.1, 0.15) is 17.2 Å². The van der Waals surface area contributed by atoms with Gasteiger partial charge in [-0.2, -0.15) is 8.78 Å². The predicted octanol–water partition coefficient (Wildman–Crippen LogP) is 3.70. The highest BCUT2D eigenvalue weighted by molar-refractivity contribution is 5.96. The third kappa shape index (κ3) is 3.53. The van der Waals surface area contributed by atoms with Crippen molar-refractivity contribution in [1.29, 1.82) is 0 Å². The summed E-state index contributed by atoms with van der Waals surface area (Å²) in [6.07, 6.45) is 7.01. The Morgan fingerprint density at radius 3 is 2.69 bits per heavy atom. The molecule has 0 radical (unpaired) electrons. The van der Waals surface area contributed by atoms with E-state index in [9.17, 15) is 18.7 Å². The zero-order valence-electron chi connectivity index (χ0n) is 19.3. The number of nitrogens with zero attached hydrogens (tertiary/aromatic N) is 4. The number of aromatic nitrogens is 4. The molecule has 1 fully saturated rings. The minimum Gasteiger partial charge on any atom is -0.382 e. The summed E-state index contributed by atoms with van der Waals surface area (Å²) in [5, 5.41) is 13.1. The predicted molar refractivity (Wildman–Crippen MR) is 122 cm³/mol. The van der Waals surface area contributed by atoms with Crippen LogP contribution in [0.2, 0.25) is 0 Å². The SMILES string of the molecule is CC(C)(O)c1ncc(-c2cc3c(cc2F)nc2n3[C@@H]3C[C@H]2NC(=O)C2=CC=CC(OC(F)F)C23)cn1. The van der Waals surface area contributed by atoms with Crippen molar-refractivity contribution in [3.63, 3.8) is 0 Å². The van der Waals surface area contributed by atoms with Crippen molar-refractivity contribution >= 4 is 16.9 Å². The molecule has 0 spiro atoms. The Labute approximate surface area is 203 Å². The van der Waals surface area contributed by atoms with Crippen LogP contribution in [-0.2, 0) is 15.1 Å². The van der Waals surface area contributed by atoms with Crippen molar-refractivity contribution in [2.24, 2.45) is 5.92 Å². The van der Waals surface area contributed by atoms with E-state index in [2.05, 4.69) is 20.3 Å². The van der Waals surface area contributed by atoms with E-state index >= 15 is 4.39 Å². The van der Waals surface area contributed by atoms with Gasteiger partial charge in [-0.25, -0.2) is 19.3 Å². The van der Waals surface area contributed by atoms with Gasteiger partial charge < -0.3 is 19.7 Å². The summed E-state index contributed by atoms with van der Waals surface area (Å²) < 4.78 is 48.4. The lowest BCUT2D eigenvalue weighted by Gasteiger charge is -2.33. The second kappa shape index (κ2) is 7.97. The van der Waals surface area contributed by atoms with Crippen LogP contribution in [0.3, 0.4) is 0 Å². The lowest BCUT2D eigenvalue weighted by molar-refractivity contribution is -0.163. The van der Waals surface area contributed by atoms with Gasteiger partial charge in [0.15, 0.2) is 5.82 Å². The molecule has 8 nitrogen and oxygen atoms in total. The Hall–Kier alpha value is -3.57. The zero-order valence-corrected chi connectivity index (χ0v) is 19.3. The van der Waals surface area contributed by atoms with Crippen molar-refractivity contribution in [3.8, 4) is 11.1 Å². The molecule has 36 heavy (non-hydrogen) atoms. The fourth-order valence-corrected chi connectivity index (χ4v) is 5.44. The third-order valence-electron chi connectivity index (χ3n) is 6.97. The quantitative estimate of drug-likeness (QED) is 0.570. The fourth-order valence-electron chi connectivity index (χ4n) is 5.44. The summed E-state index contributed by atoms with van der Waals surface area (Å²) in [7, 11) is 0. The Balaban J connectivity index is 1.48. The standard InChI is InChI=1S/C25H22F3N5O3/c1-25(2,35)23-29-9-11(10-30-23)13-6-17-15(7-14(13)26)31-21-16-8-18(33(17)21)20-12(22(34)32-16)4-3-5-19(20)36-24(27)28/h3-7,9-10,16,18-20,24,35H,8H2,1-2H3,(H,32,34)/t16-,18-,19?,20?/m1/s1. The molecule has 2 aromatic heterocycles. The molecule has 4 heterocycles. The van der Waals surface area contributed by atoms with E-state index in [0.717, 1.165) is 0 Å². The largest absolute Gasteiger partial charge is 0.382 e. The summed E-state index contributed by atoms with van der Waals surface area (Å²) in [6.45, 7) is 0.101. The number of alkyl halides is 2. The van der Waals surface area contributed by atoms with Gasteiger partial charge in [0.2, 0.25) is 5.91 Å². The van der Waals surface area contributed by atoms with Crippen LogP contribution in [0.25, 0.3) is 22.2 Å². The molecule has 11 heteroatoms. The molecule has 2 bridgehead atoms. The molecular weight excluding hydrogens is 475 g/mol. The first-order chi connectivity index (χ1) is 17.1. The van der Waals surface area contributed by atoms with Gasteiger partial charge in [-0.1, -0.05) is 18.2 Å². The molecule has 2 aliphatic heterocycles. The molecule has 186 valence electrons. The summed E-state index contributed by atoms with van der Waals surface area (Å²) in [5.41, 5.74) is 0.737. The van der Waals surface area contributed by atoms with Crippen molar-refractivity contribution in [2.45, 2.75) is 50.7 Å². The summed E-state index contributed by atoms with van der Waals surface area (Å²) in [6, 6.07) is 2.07. The molecule has 1 aliphatic carbocycles. The lowest BCUT2D eigenvalue weighted by atomic mass is 9.82. The van der Waals surface area contributed by atoms with E-state index in [-0.39, 0.29) is 17.3 Å². The highest BCUT2D eigenvalue weighted by Gasteiger charge is 2.48. The van der Waals surface area contributed by atoms with E-state index in [1.54, 1.807) is 32.1 Å². The number of nitrogens with one attached hydrogen (secondary N) is 1. The molecule has 6 rings (SSSR count). The zero-order chi connectivity index (χ0) is 25.4. The number of fused-ring (bicyclic) bond motifs is 9. The van der Waals surface area contributed by atoms with Crippen LogP contribution in [0.4, 0.5) is 13.2 Å². The van der Waals surface area contributed by atoms with Crippen LogP contribution in [0.1, 0.15) is 44.0 Å². The number of carbonyl (C=O) groups is 1. The van der Waals surface area contributed by atoms with Crippen LogP contribution in [-0.4, -0.2) is 43.2 Å². The minimum absolute atomic E-state index is 0.202. The van der Waals surface area contributed by atoms with Crippen LogP contribution in [0.15, 0.2) is 48.3 Å². The Morgan fingerprint density at radius 2 is 2.00 bits per heavy atom. The summed E-state index contributed by atoms with van der Waals surface area (Å²) in [4.78, 5) is 25.8. The number of rotatable bonds is 4. The van der Waals surface area contributed by atoms with E-state index in [1.165, 1.54) is 24.5 Å². The van der Waals surface area contributed by atoms with E-state index in [4.69, 9.17) is 4.74 Å². The van der Waals surface area contributed by atoms with Crippen molar-refractivity contribution in [2.75, 3.05) is 0 Å². The maximum atomic E-state index is 15.2. The number of hydrogen-bond donors (Lipinski definition) is 2. The molecule has 1 aromatic carbocycles. The molecule has 3 aliphatic rings. The van der Waals surface area contributed by atoms with Gasteiger partial charge in [0.25, 0.3) is 0 Å². The van der Waals surface area contributed by atoms with Crippen molar-refractivity contribution in [1.82, 2.24) is 24.8 Å². The molecule has 0 saturated carbocycles. The second-order valence-electron chi connectivity index (χ2n) is 9.74. The second-order valence-corrected chi connectivity index (χ2v) is 9.74. The van der Waals surface area contributed by atoms with Crippen LogP contribution in [0, 0.1) is 11.7 Å². The topological polar surface area (TPSA) is 102 Å². The molecule has 1 saturated heterocycles. The van der Waals surface area contributed by atoms with Gasteiger partial charge >= 0.3 is 6.61 Å². The molecule has 1 amide bonds.